The van der Waals surface area contributed by atoms with Crippen LogP contribution in [0.15, 0.2) is 0 Å². The summed E-state index contributed by atoms with van der Waals surface area (Å²) in [4.78, 5) is 0. The van der Waals surface area contributed by atoms with Gasteiger partial charge >= 0.3 is 0 Å². The van der Waals surface area contributed by atoms with Crippen LogP contribution in [0.25, 0.3) is 0 Å². The van der Waals surface area contributed by atoms with Crippen molar-refractivity contribution in [3.05, 3.63) is 0 Å². The molecular weight excluding hydrogens is 134 g/mol. The first-order valence-corrected chi connectivity index (χ1v) is 5.11. The first-order chi connectivity index (χ1) is 5.31. The molecule has 0 spiro atoms. The minimum atomic E-state index is 0.747. The molecule has 0 saturated heterocycles. The maximum absolute atomic E-state index is 4.13. The highest BCUT2D eigenvalue weighted by atomic mass is 14.7. The van der Waals surface area contributed by atoms with E-state index in [0.29, 0.717) is 0 Å². The van der Waals surface area contributed by atoms with Gasteiger partial charge in [0.1, 0.15) is 0 Å². The Morgan fingerprint density at radius 2 is 1.73 bits per heavy atom. The Kier molecular flexibility index (Phi) is 1.07. The summed E-state index contributed by atoms with van der Waals surface area (Å²) in [6.07, 6.45) is 7.76. The van der Waals surface area contributed by atoms with Gasteiger partial charge in [0, 0.05) is 5.41 Å². The van der Waals surface area contributed by atoms with Crippen LogP contribution in [0.1, 0.15) is 32.1 Å². The van der Waals surface area contributed by atoms with Crippen molar-refractivity contribution in [1.82, 2.24) is 0 Å². The molecule has 62 valence electrons. The lowest BCUT2D eigenvalue weighted by molar-refractivity contribution is -0.395. The number of hydrogen-bond donors (Lipinski definition) is 1. The smallest absolute Gasteiger partial charge is 0.0797 e. The molecule has 4 aliphatic carbocycles. The molecule has 0 heterocycles. The van der Waals surface area contributed by atoms with Crippen molar-refractivity contribution in [3.8, 4) is 0 Å². The van der Waals surface area contributed by atoms with Crippen LogP contribution in [0.3, 0.4) is 0 Å². The normalized spacial score (nSPS) is 59.2. The predicted octanol–water partition coefficient (Wildman–Crippen LogP) is 1.05. The summed E-state index contributed by atoms with van der Waals surface area (Å²) in [5.41, 5.74) is 4.88. The average molecular weight is 152 g/mol. The van der Waals surface area contributed by atoms with Crippen molar-refractivity contribution < 1.29 is 5.73 Å². The lowest BCUT2D eigenvalue weighted by Gasteiger charge is -2.35. The Hall–Kier alpha value is -0.0400. The molecule has 4 aliphatic rings. The third kappa shape index (κ3) is 0.703. The molecular formula is C10H18N+. The second-order valence-electron chi connectivity index (χ2n) is 5.22. The van der Waals surface area contributed by atoms with E-state index < -0.39 is 0 Å². The zero-order valence-corrected chi connectivity index (χ0v) is 7.18. The highest BCUT2D eigenvalue weighted by molar-refractivity contribution is 5.05. The molecule has 1 nitrogen and oxygen atoms in total. The third-order valence-electron chi connectivity index (χ3n) is 4.58. The number of quaternary nitrogens is 1. The Morgan fingerprint density at radius 3 is 2.18 bits per heavy atom. The van der Waals surface area contributed by atoms with Crippen LogP contribution in [0.2, 0.25) is 0 Å². The molecule has 0 aromatic carbocycles. The maximum Gasteiger partial charge on any atom is 0.0797 e. The van der Waals surface area contributed by atoms with E-state index in [9.17, 15) is 0 Å². The Morgan fingerprint density at radius 1 is 1.09 bits per heavy atom. The minimum absolute atomic E-state index is 0.747. The van der Waals surface area contributed by atoms with Crippen LogP contribution < -0.4 is 5.73 Å². The van der Waals surface area contributed by atoms with Crippen molar-refractivity contribution in [3.63, 3.8) is 0 Å². The Bertz CT molecular complexity index is 168. The minimum Gasteiger partial charge on any atom is -0.357 e. The summed E-state index contributed by atoms with van der Waals surface area (Å²) in [5, 5.41) is 0. The summed E-state index contributed by atoms with van der Waals surface area (Å²) in [5.74, 6) is 3.39. The van der Waals surface area contributed by atoms with E-state index in [1.165, 1.54) is 25.8 Å². The van der Waals surface area contributed by atoms with E-state index in [2.05, 4.69) is 5.73 Å². The Labute approximate surface area is 68.3 Å². The molecule has 2 unspecified atom stereocenters. The number of hydrogen-bond acceptors (Lipinski definition) is 0. The molecule has 11 heavy (non-hydrogen) atoms. The van der Waals surface area contributed by atoms with Gasteiger partial charge in [-0.3, -0.25) is 0 Å². The van der Waals surface area contributed by atoms with Gasteiger partial charge in [0.05, 0.1) is 6.54 Å². The summed E-state index contributed by atoms with van der Waals surface area (Å²) in [6, 6.07) is 0. The molecule has 0 amide bonds. The second-order valence-corrected chi connectivity index (χ2v) is 5.22. The van der Waals surface area contributed by atoms with Gasteiger partial charge in [-0.05, 0) is 49.9 Å². The molecule has 1 heteroatoms. The number of rotatable bonds is 1. The lowest BCUT2D eigenvalue weighted by Crippen LogP contribution is -2.58. The van der Waals surface area contributed by atoms with E-state index >= 15 is 0 Å². The van der Waals surface area contributed by atoms with E-state index in [4.69, 9.17) is 0 Å². The highest BCUT2D eigenvalue weighted by Crippen LogP contribution is 2.63. The summed E-state index contributed by atoms with van der Waals surface area (Å²) in [7, 11) is 0. The fraction of sp³-hybridized carbons (Fsp3) is 1.00. The first-order valence-electron chi connectivity index (χ1n) is 5.11. The molecule has 4 saturated carbocycles. The lowest BCUT2D eigenvalue weighted by atomic mass is 9.70. The zero-order valence-electron chi connectivity index (χ0n) is 7.18. The van der Waals surface area contributed by atoms with E-state index in [-0.39, 0.29) is 0 Å². The molecule has 0 aromatic heterocycles. The topological polar surface area (TPSA) is 27.6 Å². The van der Waals surface area contributed by atoms with Crippen molar-refractivity contribution in [2.24, 2.45) is 23.2 Å². The quantitative estimate of drug-likeness (QED) is 0.582. The van der Waals surface area contributed by atoms with Crippen LogP contribution in [0.4, 0.5) is 0 Å². The largest absolute Gasteiger partial charge is 0.357 e. The monoisotopic (exact) mass is 152 g/mol. The van der Waals surface area contributed by atoms with E-state index in [1.807, 2.05) is 0 Å². The van der Waals surface area contributed by atoms with E-state index in [1.54, 1.807) is 12.8 Å². The first kappa shape index (κ1) is 6.47. The van der Waals surface area contributed by atoms with Gasteiger partial charge in [-0.15, -0.1) is 0 Å². The van der Waals surface area contributed by atoms with Gasteiger partial charge in [0.25, 0.3) is 0 Å². The SMILES string of the molecule is [NH3+]CC12CC3CC(C1)C(C3)C2. The molecule has 4 fully saturated rings. The molecule has 3 N–H and O–H groups in total. The van der Waals surface area contributed by atoms with Gasteiger partial charge in [-0.2, -0.15) is 0 Å². The average Bonchev–Trinajstić information content (AvgIpc) is 2.40. The van der Waals surface area contributed by atoms with E-state index in [0.717, 1.165) is 23.2 Å². The standard InChI is InChI=1S/C10H17N/c11-6-10-3-7-1-8(4-10)9(2-7)5-10/h7-9H,1-6,11H2/p+1. The predicted molar refractivity (Wildman–Crippen MR) is 43.7 cm³/mol. The Balaban J connectivity index is 1.94. The maximum atomic E-state index is 4.13. The van der Waals surface area contributed by atoms with Gasteiger partial charge < -0.3 is 5.73 Å². The van der Waals surface area contributed by atoms with Crippen molar-refractivity contribution in [1.29, 1.82) is 0 Å². The summed E-state index contributed by atoms with van der Waals surface area (Å²) in [6.45, 7) is 1.22. The van der Waals surface area contributed by atoms with Crippen molar-refractivity contribution >= 4 is 0 Å². The molecule has 0 radical (unpaired) electrons. The molecule has 2 atom stereocenters. The molecule has 0 aromatic rings. The van der Waals surface area contributed by atoms with Gasteiger partial charge in [-0.1, -0.05) is 0 Å². The fourth-order valence-corrected chi connectivity index (χ4v) is 4.29. The fourth-order valence-electron chi connectivity index (χ4n) is 4.29. The van der Waals surface area contributed by atoms with Gasteiger partial charge in [0.15, 0.2) is 0 Å². The van der Waals surface area contributed by atoms with Crippen LogP contribution in [-0.2, 0) is 0 Å². The summed E-state index contributed by atoms with van der Waals surface area (Å²) < 4.78 is 0. The van der Waals surface area contributed by atoms with Gasteiger partial charge in [-0.25, -0.2) is 0 Å². The summed E-state index contributed by atoms with van der Waals surface area (Å²) >= 11 is 0. The van der Waals surface area contributed by atoms with Gasteiger partial charge in [0.2, 0.25) is 0 Å². The van der Waals surface area contributed by atoms with Crippen LogP contribution in [-0.4, -0.2) is 6.54 Å². The van der Waals surface area contributed by atoms with Crippen molar-refractivity contribution in [2.75, 3.05) is 6.54 Å². The third-order valence-corrected chi connectivity index (χ3v) is 4.58. The zero-order chi connectivity index (χ0) is 7.47. The molecule has 4 bridgehead atoms. The molecule has 4 rings (SSSR count). The molecule has 0 aliphatic heterocycles. The van der Waals surface area contributed by atoms with Crippen LogP contribution in [0.5, 0.6) is 0 Å². The van der Waals surface area contributed by atoms with Crippen LogP contribution >= 0.6 is 0 Å². The van der Waals surface area contributed by atoms with Crippen molar-refractivity contribution in [2.45, 2.75) is 32.1 Å². The highest BCUT2D eigenvalue weighted by Gasteiger charge is 2.55. The van der Waals surface area contributed by atoms with Crippen LogP contribution in [0, 0.1) is 23.2 Å². The second kappa shape index (κ2) is 1.82.